The molecule has 114 valence electrons. The van der Waals surface area contributed by atoms with E-state index >= 15 is 0 Å². The maximum atomic E-state index is 12.5. The van der Waals surface area contributed by atoms with Crippen LogP contribution in [0.3, 0.4) is 0 Å². The van der Waals surface area contributed by atoms with Crippen LogP contribution in [0.1, 0.15) is 16.1 Å². The van der Waals surface area contributed by atoms with Crippen molar-refractivity contribution in [3.05, 3.63) is 27.6 Å². The first kappa shape index (κ1) is 15.7. The van der Waals surface area contributed by atoms with Crippen LogP contribution in [0, 0.1) is 13.8 Å². The van der Waals surface area contributed by atoms with E-state index < -0.39 is 10.0 Å². The number of aromatic nitrogens is 2. The largest absolute Gasteiger partial charge is 0.481 e. The lowest BCUT2D eigenvalue weighted by atomic mass is 10.3. The minimum atomic E-state index is -3.79. The Kier molecular flexibility index (Phi) is 4.45. The van der Waals surface area contributed by atoms with Crippen LogP contribution < -0.4 is 15.2 Å². The molecule has 21 heavy (non-hydrogen) atoms. The summed E-state index contributed by atoms with van der Waals surface area (Å²) in [6.07, 6.45) is 0. The first-order valence-corrected chi connectivity index (χ1v) is 8.43. The number of thiophene rings is 1. The van der Waals surface area contributed by atoms with E-state index in [0.717, 1.165) is 0 Å². The summed E-state index contributed by atoms with van der Waals surface area (Å²) >= 11 is 1.31. The Bertz CT molecular complexity index is 756. The smallest absolute Gasteiger partial charge is 0.265 e. The normalized spacial score (nSPS) is 11.4. The number of ether oxygens (including phenoxy) is 1. The summed E-state index contributed by atoms with van der Waals surface area (Å²) in [7, 11) is -2.33. The maximum Gasteiger partial charge on any atom is 0.265 e. The number of aryl methyl sites for hydroxylation is 2. The van der Waals surface area contributed by atoms with Crippen LogP contribution in [0.5, 0.6) is 5.88 Å². The standard InChI is InChI=1S/C12H16N4O3S2/c1-7-6-20-9(5-13)11(7)21(17,18)16-12-14-8(2)4-10(15-12)19-3/h4,6H,5,13H2,1-3H3,(H,14,15,16). The fraction of sp³-hybridized carbons (Fsp3) is 0.333. The van der Waals surface area contributed by atoms with Gasteiger partial charge in [0, 0.05) is 23.2 Å². The number of nitrogens with zero attached hydrogens (tertiary/aromatic N) is 2. The Balaban J connectivity index is 2.42. The van der Waals surface area contributed by atoms with Gasteiger partial charge in [-0.3, -0.25) is 0 Å². The number of hydrogen-bond donors (Lipinski definition) is 2. The fourth-order valence-electron chi connectivity index (χ4n) is 1.85. The van der Waals surface area contributed by atoms with Crippen molar-refractivity contribution in [2.24, 2.45) is 5.73 Å². The number of nitrogens with one attached hydrogen (secondary N) is 1. The van der Waals surface area contributed by atoms with E-state index in [-0.39, 0.29) is 17.4 Å². The van der Waals surface area contributed by atoms with Gasteiger partial charge in [0.25, 0.3) is 10.0 Å². The van der Waals surface area contributed by atoms with Gasteiger partial charge in [-0.1, -0.05) is 0 Å². The SMILES string of the molecule is COc1cc(C)nc(NS(=O)(=O)c2c(C)csc2CN)n1. The quantitative estimate of drug-likeness (QED) is 0.859. The van der Waals surface area contributed by atoms with E-state index in [1.54, 1.807) is 25.3 Å². The van der Waals surface area contributed by atoms with Crippen LogP contribution in [-0.4, -0.2) is 25.5 Å². The summed E-state index contributed by atoms with van der Waals surface area (Å²) in [5.41, 5.74) is 6.83. The average molecular weight is 328 g/mol. The zero-order valence-corrected chi connectivity index (χ0v) is 13.5. The van der Waals surface area contributed by atoms with Crippen molar-refractivity contribution >= 4 is 27.3 Å². The number of sulfonamides is 1. The minimum absolute atomic E-state index is 0.0274. The van der Waals surface area contributed by atoms with Crippen LogP contribution >= 0.6 is 11.3 Å². The molecule has 2 aromatic heterocycles. The van der Waals surface area contributed by atoms with E-state index in [4.69, 9.17) is 10.5 Å². The molecule has 2 rings (SSSR count). The van der Waals surface area contributed by atoms with Gasteiger partial charge in [-0.15, -0.1) is 11.3 Å². The highest BCUT2D eigenvalue weighted by Gasteiger charge is 2.23. The predicted octanol–water partition coefficient (Wildman–Crippen LogP) is 1.42. The van der Waals surface area contributed by atoms with Crippen molar-refractivity contribution in [2.75, 3.05) is 11.8 Å². The van der Waals surface area contributed by atoms with Gasteiger partial charge in [-0.05, 0) is 24.8 Å². The average Bonchev–Trinajstić information content (AvgIpc) is 2.79. The van der Waals surface area contributed by atoms with E-state index in [2.05, 4.69) is 14.7 Å². The second-order valence-electron chi connectivity index (χ2n) is 4.36. The lowest BCUT2D eigenvalue weighted by molar-refractivity contribution is 0.397. The number of anilines is 1. The van der Waals surface area contributed by atoms with Gasteiger partial charge in [0.15, 0.2) is 0 Å². The molecule has 0 aromatic carbocycles. The van der Waals surface area contributed by atoms with E-state index in [1.807, 2.05) is 0 Å². The first-order valence-electron chi connectivity index (χ1n) is 6.07. The summed E-state index contributed by atoms with van der Waals surface area (Å²) in [6.45, 7) is 3.61. The van der Waals surface area contributed by atoms with Crippen molar-refractivity contribution in [1.29, 1.82) is 0 Å². The molecule has 0 bridgehead atoms. The first-order chi connectivity index (χ1) is 9.87. The van der Waals surface area contributed by atoms with Crippen LogP contribution in [0.2, 0.25) is 0 Å². The monoisotopic (exact) mass is 328 g/mol. The van der Waals surface area contributed by atoms with Crippen molar-refractivity contribution in [3.8, 4) is 5.88 Å². The van der Waals surface area contributed by atoms with Crippen LogP contribution in [0.4, 0.5) is 5.95 Å². The van der Waals surface area contributed by atoms with Crippen LogP contribution in [0.25, 0.3) is 0 Å². The van der Waals surface area contributed by atoms with Crippen molar-refractivity contribution < 1.29 is 13.2 Å². The highest BCUT2D eigenvalue weighted by atomic mass is 32.2. The van der Waals surface area contributed by atoms with Gasteiger partial charge in [0.05, 0.1) is 7.11 Å². The molecule has 0 fully saturated rings. The zero-order chi connectivity index (χ0) is 15.6. The highest BCUT2D eigenvalue weighted by molar-refractivity contribution is 7.93. The Morgan fingerprint density at radius 1 is 1.38 bits per heavy atom. The zero-order valence-electron chi connectivity index (χ0n) is 11.9. The second kappa shape index (κ2) is 5.96. The summed E-state index contributed by atoms with van der Waals surface area (Å²) in [5.74, 6) is 0.265. The molecule has 2 aromatic rings. The molecule has 0 saturated heterocycles. The van der Waals surface area contributed by atoms with Crippen LogP contribution in [0.15, 0.2) is 16.3 Å². The fourth-order valence-corrected chi connectivity index (χ4v) is 4.50. The third-order valence-electron chi connectivity index (χ3n) is 2.71. The number of methoxy groups -OCH3 is 1. The Morgan fingerprint density at radius 2 is 2.10 bits per heavy atom. The van der Waals surface area contributed by atoms with Gasteiger partial charge in [-0.25, -0.2) is 18.1 Å². The van der Waals surface area contributed by atoms with Gasteiger partial charge in [0.2, 0.25) is 11.8 Å². The molecule has 0 aliphatic heterocycles. The minimum Gasteiger partial charge on any atom is -0.481 e. The number of nitrogens with two attached hydrogens (primary N) is 1. The topological polar surface area (TPSA) is 107 Å². The second-order valence-corrected chi connectivity index (χ2v) is 6.94. The molecule has 0 spiro atoms. The Morgan fingerprint density at radius 3 is 2.71 bits per heavy atom. The van der Waals surface area contributed by atoms with E-state index in [0.29, 0.717) is 22.0 Å². The lowest BCUT2D eigenvalue weighted by Gasteiger charge is -2.09. The number of rotatable bonds is 5. The maximum absolute atomic E-state index is 12.5. The molecule has 0 atom stereocenters. The molecule has 0 unspecified atom stereocenters. The third kappa shape index (κ3) is 3.31. The molecular weight excluding hydrogens is 312 g/mol. The molecule has 7 nitrogen and oxygen atoms in total. The highest BCUT2D eigenvalue weighted by Crippen LogP contribution is 2.28. The molecule has 9 heteroatoms. The van der Waals surface area contributed by atoms with Gasteiger partial charge in [-0.2, -0.15) is 4.98 Å². The Labute approximate surface area is 127 Å². The summed E-state index contributed by atoms with van der Waals surface area (Å²) in [6, 6.07) is 1.61. The third-order valence-corrected chi connectivity index (χ3v) is 5.52. The summed E-state index contributed by atoms with van der Waals surface area (Å²) in [4.78, 5) is 8.82. The molecule has 0 aliphatic carbocycles. The molecule has 2 heterocycles. The molecule has 0 saturated carbocycles. The Hall–Kier alpha value is -1.71. The predicted molar refractivity (Wildman–Crippen MR) is 81.1 cm³/mol. The molecule has 0 amide bonds. The van der Waals surface area contributed by atoms with Gasteiger partial charge < -0.3 is 10.5 Å². The van der Waals surface area contributed by atoms with Crippen molar-refractivity contribution in [1.82, 2.24) is 9.97 Å². The van der Waals surface area contributed by atoms with E-state index in [1.165, 1.54) is 18.4 Å². The van der Waals surface area contributed by atoms with Gasteiger partial charge >= 0.3 is 0 Å². The lowest BCUT2D eigenvalue weighted by Crippen LogP contribution is -2.18. The van der Waals surface area contributed by atoms with Crippen molar-refractivity contribution in [3.63, 3.8) is 0 Å². The molecule has 0 radical (unpaired) electrons. The summed E-state index contributed by atoms with van der Waals surface area (Å²) in [5, 5.41) is 1.76. The molecule has 0 aliphatic rings. The summed E-state index contributed by atoms with van der Waals surface area (Å²) < 4.78 is 32.4. The number of hydrogen-bond acceptors (Lipinski definition) is 7. The molecular formula is C12H16N4O3S2. The van der Waals surface area contributed by atoms with Gasteiger partial charge in [0.1, 0.15) is 4.90 Å². The van der Waals surface area contributed by atoms with E-state index in [9.17, 15) is 8.42 Å². The van der Waals surface area contributed by atoms with Crippen LogP contribution in [-0.2, 0) is 16.6 Å². The molecule has 3 N–H and O–H groups in total. The van der Waals surface area contributed by atoms with Crippen molar-refractivity contribution in [2.45, 2.75) is 25.3 Å².